The summed E-state index contributed by atoms with van der Waals surface area (Å²) < 4.78 is 0. The highest BCUT2D eigenvalue weighted by atomic mass is 16.3. The Bertz CT molecular complexity index is 451. The Morgan fingerprint density at radius 3 is 2.42 bits per heavy atom. The Kier molecular flexibility index (Phi) is 4.91. The third-order valence-electron chi connectivity index (χ3n) is 2.84. The number of aliphatic hydroxyl groups is 1. The molecule has 0 amide bonds. The lowest BCUT2D eigenvalue weighted by Crippen LogP contribution is -2.34. The number of carbonyl (C=O) groups is 1. The third-order valence-corrected chi connectivity index (χ3v) is 2.84. The van der Waals surface area contributed by atoms with Crippen LogP contribution in [0.1, 0.15) is 32.4 Å². The lowest BCUT2D eigenvalue weighted by atomic mass is 9.91. The first-order valence-electron chi connectivity index (χ1n) is 6.16. The molecule has 0 aliphatic rings. The van der Waals surface area contributed by atoms with Gasteiger partial charge < -0.3 is 20.6 Å². The van der Waals surface area contributed by atoms with Crippen LogP contribution in [0.2, 0.25) is 0 Å². The van der Waals surface area contributed by atoms with Crippen LogP contribution in [0, 0.1) is 5.41 Å². The minimum atomic E-state index is -0.848. The molecule has 0 saturated carbocycles. The second kappa shape index (κ2) is 6.04. The summed E-state index contributed by atoms with van der Waals surface area (Å²) in [7, 11) is 0. The number of rotatable bonds is 5. The van der Waals surface area contributed by atoms with E-state index in [4.69, 9.17) is 0 Å². The summed E-state index contributed by atoms with van der Waals surface area (Å²) in [4.78, 5) is 11.7. The number of phenolic OH excluding ortho intramolecular Hbond substituents is 2. The number of Topliss-reactive ketones (excluding diaryl/α,β-unsaturated/α-hetero) is 1. The maximum absolute atomic E-state index is 11.7. The first kappa shape index (κ1) is 15.5. The molecule has 0 radical (unpaired) electrons. The standard InChI is InChI=1S/C14H21NO4/c1-14(2,3)13(19)8-15-7-12(18)9-4-5-10(16)11(17)6-9/h4-6,12,15-18H,7-8H2,1-3H3. The van der Waals surface area contributed by atoms with Crippen LogP contribution >= 0.6 is 0 Å². The molecule has 0 aliphatic heterocycles. The average molecular weight is 267 g/mol. The number of nitrogens with one attached hydrogen (secondary N) is 1. The summed E-state index contributed by atoms with van der Waals surface area (Å²) in [6.45, 7) is 5.90. The van der Waals surface area contributed by atoms with Gasteiger partial charge in [-0.15, -0.1) is 0 Å². The molecule has 0 fully saturated rings. The van der Waals surface area contributed by atoms with Gasteiger partial charge in [-0.25, -0.2) is 0 Å². The van der Waals surface area contributed by atoms with Crippen molar-refractivity contribution in [1.82, 2.24) is 5.32 Å². The van der Waals surface area contributed by atoms with E-state index in [2.05, 4.69) is 5.32 Å². The summed E-state index contributed by atoms with van der Waals surface area (Å²) in [6, 6.07) is 4.13. The molecule has 106 valence electrons. The second-order valence-electron chi connectivity index (χ2n) is 5.57. The SMILES string of the molecule is CC(C)(C)C(=O)CNCC(O)c1ccc(O)c(O)c1. The number of benzene rings is 1. The molecule has 1 unspecified atom stereocenters. The zero-order valence-electron chi connectivity index (χ0n) is 11.5. The molecule has 1 atom stereocenters. The van der Waals surface area contributed by atoms with Gasteiger partial charge in [-0.2, -0.15) is 0 Å². The predicted molar refractivity (Wildman–Crippen MR) is 72.1 cm³/mol. The first-order valence-corrected chi connectivity index (χ1v) is 6.16. The monoisotopic (exact) mass is 267 g/mol. The van der Waals surface area contributed by atoms with E-state index in [1.807, 2.05) is 20.8 Å². The summed E-state index contributed by atoms with van der Waals surface area (Å²) in [6.07, 6.45) is -0.848. The summed E-state index contributed by atoms with van der Waals surface area (Å²) in [5.74, 6) is -0.442. The van der Waals surface area contributed by atoms with Crippen molar-refractivity contribution in [2.24, 2.45) is 5.41 Å². The van der Waals surface area contributed by atoms with Crippen LogP contribution in [0.15, 0.2) is 18.2 Å². The Morgan fingerprint density at radius 2 is 1.89 bits per heavy atom. The molecule has 5 nitrogen and oxygen atoms in total. The Hall–Kier alpha value is -1.59. The van der Waals surface area contributed by atoms with Gasteiger partial charge in [0.05, 0.1) is 12.6 Å². The van der Waals surface area contributed by atoms with Gasteiger partial charge in [-0.1, -0.05) is 26.8 Å². The number of phenols is 2. The number of hydrogen-bond donors (Lipinski definition) is 4. The van der Waals surface area contributed by atoms with E-state index in [-0.39, 0.29) is 30.4 Å². The van der Waals surface area contributed by atoms with Crippen LogP contribution in [-0.2, 0) is 4.79 Å². The first-order chi connectivity index (χ1) is 8.71. The maximum atomic E-state index is 11.7. The molecule has 0 spiro atoms. The highest BCUT2D eigenvalue weighted by Crippen LogP contribution is 2.27. The fourth-order valence-electron chi connectivity index (χ4n) is 1.45. The van der Waals surface area contributed by atoms with Crippen LogP contribution in [0.25, 0.3) is 0 Å². The van der Waals surface area contributed by atoms with Crippen LogP contribution in [-0.4, -0.2) is 34.2 Å². The van der Waals surface area contributed by atoms with Gasteiger partial charge in [0.1, 0.15) is 0 Å². The topological polar surface area (TPSA) is 89.8 Å². The van der Waals surface area contributed by atoms with E-state index < -0.39 is 11.5 Å². The number of hydrogen-bond acceptors (Lipinski definition) is 5. The molecule has 4 N–H and O–H groups in total. The van der Waals surface area contributed by atoms with Crippen LogP contribution < -0.4 is 5.32 Å². The fraction of sp³-hybridized carbons (Fsp3) is 0.500. The van der Waals surface area contributed by atoms with Gasteiger partial charge in [0.15, 0.2) is 17.3 Å². The van der Waals surface area contributed by atoms with E-state index in [1.165, 1.54) is 18.2 Å². The van der Waals surface area contributed by atoms with Crippen molar-refractivity contribution in [1.29, 1.82) is 0 Å². The normalized spacial score (nSPS) is 13.3. The van der Waals surface area contributed by atoms with Crippen LogP contribution in [0.5, 0.6) is 11.5 Å². The van der Waals surface area contributed by atoms with Gasteiger partial charge in [0.25, 0.3) is 0 Å². The lowest BCUT2D eigenvalue weighted by molar-refractivity contribution is -0.125. The summed E-state index contributed by atoms with van der Waals surface area (Å²) in [5.41, 5.74) is 0.0698. The second-order valence-corrected chi connectivity index (χ2v) is 5.57. The minimum absolute atomic E-state index is 0.0632. The fourth-order valence-corrected chi connectivity index (χ4v) is 1.45. The molecule has 0 aliphatic carbocycles. The Balaban J connectivity index is 2.50. The molecular formula is C14H21NO4. The Morgan fingerprint density at radius 1 is 1.26 bits per heavy atom. The van der Waals surface area contributed by atoms with E-state index >= 15 is 0 Å². The maximum Gasteiger partial charge on any atom is 0.157 e. The van der Waals surface area contributed by atoms with Gasteiger partial charge in [-0.3, -0.25) is 4.79 Å². The average Bonchev–Trinajstić information content (AvgIpc) is 2.31. The summed E-state index contributed by atoms with van der Waals surface area (Å²) in [5, 5.41) is 31.3. The van der Waals surface area contributed by atoms with Gasteiger partial charge in [0, 0.05) is 12.0 Å². The third kappa shape index (κ3) is 4.54. The van der Waals surface area contributed by atoms with Crippen molar-refractivity contribution < 1.29 is 20.1 Å². The highest BCUT2D eigenvalue weighted by molar-refractivity contribution is 5.85. The van der Waals surface area contributed by atoms with Crippen molar-refractivity contribution in [2.75, 3.05) is 13.1 Å². The molecule has 1 rings (SSSR count). The molecule has 19 heavy (non-hydrogen) atoms. The zero-order valence-corrected chi connectivity index (χ0v) is 11.5. The van der Waals surface area contributed by atoms with Crippen molar-refractivity contribution in [3.63, 3.8) is 0 Å². The predicted octanol–water partition coefficient (Wildman–Crippen LogP) is 1.34. The molecule has 5 heteroatoms. The van der Waals surface area contributed by atoms with Gasteiger partial charge in [0.2, 0.25) is 0 Å². The molecule has 0 aromatic heterocycles. The molecule has 0 bridgehead atoms. The number of carbonyl (C=O) groups excluding carboxylic acids is 1. The Labute approximate surface area is 112 Å². The summed E-state index contributed by atoms with van der Waals surface area (Å²) >= 11 is 0. The molecule has 0 saturated heterocycles. The van der Waals surface area contributed by atoms with E-state index in [0.29, 0.717) is 5.56 Å². The lowest BCUT2D eigenvalue weighted by Gasteiger charge is -2.18. The largest absolute Gasteiger partial charge is 0.504 e. The van der Waals surface area contributed by atoms with Crippen molar-refractivity contribution in [2.45, 2.75) is 26.9 Å². The highest BCUT2D eigenvalue weighted by Gasteiger charge is 2.20. The van der Waals surface area contributed by atoms with Gasteiger partial charge in [-0.05, 0) is 17.7 Å². The van der Waals surface area contributed by atoms with Crippen molar-refractivity contribution >= 4 is 5.78 Å². The molecule has 1 aromatic rings. The number of aliphatic hydroxyl groups excluding tert-OH is 1. The van der Waals surface area contributed by atoms with E-state index in [9.17, 15) is 20.1 Å². The van der Waals surface area contributed by atoms with E-state index in [1.54, 1.807) is 0 Å². The smallest absolute Gasteiger partial charge is 0.157 e. The molecule has 0 heterocycles. The van der Waals surface area contributed by atoms with Crippen molar-refractivity contribution in [3.05, 3.63) is 23.8 Å². The van der Waals surface area contributed by atoms with Crippen LogP contribution in [0.3, 0.4) is 0 Å². The zero-order chi connectivity index (χ0) is 14.6. The van der Waals surface area contributed by atoms with Crippen molar-refractivity contribution in [3.8, 4) is 11.5 Å². The minimum Gasteiger partial charge on any atom is -0.504 e. The molecular weight excluding hydrogens is 246 g/mol. The number of ketones is 1. The number of aromatic hydroxyl groups is 2. The van der Waals surface area contributed by atoms with E-state index in [0.717, 1.165) is 0 Å². The quantitative estimate of drug-likeness (QED) is 0.604. The van der Waals surface area contributed by atoms with Gasteiger partial charge >= 0.3 is 0 Å². The molecule has 1 aromatic carbocycles. The van der Waals surface area contributed by atoms with Crippen LogP contribution in [0.4, 0.5) is 0 Å².